The van der Waals surface area contributed by atoms with Gasteiger partial charge in [0.2, 0.25) is 5.91 Å². The van der Waals surface area contributed by atoms with Crippen LogP contribution in [-0.2, 0) is 4.79 Å². The first-order valence-electron chi connectivity index (χ1n) is 4.99. The molecule has 2 N–H and O–H groups in total. The Kier molecular flexibility index (Phi) is 5.22. The topological polar surface area (TPSA) is 49.3 Å². The molecule has 1 rings (SSSR count). The third kappa shape index (κ3) is 4.16. The molecular weight excluding hydrogens is 233 g/mol. The van der Waals surface area contributed by atoms with Gasteiger partial charge in [0.25, 0.3) is 0 Å². The minimum absolute atomic E-state index is 0.0544. The zero-order valence-corrected chi connectivity index (χ0v) is 9.43. The summed E-state index contributed by atoms with van der Waals surface area (Å²) in [6.07, 6.45) is 1.39. The van der Waals surface area contributed by atoms with E-state index in [1.54, 1.807) is 0 Å². The fraction of sp³-hybridized carbons (Fsp3) is 0.364. The molecule has 0 bridgehead atoms. The van der Waals surface area contributed by atoms with Crippen LogP contribution in [0.15, 0.2) is 18.2 Å². The van der Waals surface area contributed by atoms with Crippen molar-refractivity contribution < 1.29 is 14.3 Å². The average Bonchev–Trinajstić information content (AvgIpc) is 2.24. The van der Waals surface area contributed by atoms with E-state index in [4.69, 9.17) is 16.7 Å². The molecule has 5 heteroatoms. The van der Waals surface area contributed by atoms with Gasteiger partial charge in [0.05, 0.1) is 5.69 Å². The lowest BCUT2D eigenvalue weighted by Crippen LogP contribution is -2.12. The van der Waals surface area contributed by atoms with E-state index in [-0.39, 0.29) is 24.6 Å². The average molecular weight is 246 g/mol. The number of hydrogen-bond acceptors (Lipinski definition) is 2. The van der Waals surface area contributed by atoms with Crippen LogP contribution in [0.1, 0.15) is 19.3 Å². The molecule has 0 aliphatic rings. The van der Waals surface area contributed by atoms with Crippen molar-refractivity contribution in [3.8, 4) is 0 Å². The molecule has 0 aliphatic heterocycles. The second kappa shape index (κ2) is 6.45. The van der Waals surface area contributed by atoms with Gasteiger partial charge in [-0.15, -0.1) is 0 Å². The van der Waals surface area contributed by atoms with Gasteiger partial charge in [-0.3, -0.25) is 4.79 Å². The summed E-state index contributed by atoms with van der Waals surface area (Å²) in [6.45, 7) is 0.0544. The molecule has 0 aliphatic carbocycles. The molecule has 0 spiro atoms. The van der Waals surface area contributed by atoms with Gasteiger partial charge in [-0.1, -0.05) is 11.6 Å². The number of nitrogens with one attached hydrogen (secondary N) is 1. The molecule has 0 radical (unpaired) electrons. The van der Waals surface area contributed by atoms with Crippen molar-refractivity contribution in [2.75, 3.05) is 11.9 Å². The van der Waals surface area contributed by atoms with E-state index in [0.29, 0.717) is 17.9 Å². The lowest BCUT2D eigenvalue weighted by molar-refractivity contribution is -0.116. The number of amides is 1. The molecule has 0 unspecified atom stereocenters. The van der Waals surface area contributed by atoms with Crippen LogP contribution in [0.5, 0.6) is 0 Å². The van der Waals surface area contributed by atoms with Crippen LogP contribution in [-0.4, -0.2) is 17.6 Å². The number of carbonyl (C=O) groups excluding carboxylic acids is 1. The van der Waals surface area contributed by atoms with Gasteiger partial charge in [0.1, 0.15) is 5.82 Å². The molecule has 1 amide bonds. The maximum Gasteiger partial charge on any atom is 0.224 e. The van der Waals surface area contributed by atoms with Gasteiger partial charge in [-0.2, -0.15) is 0 Å². The van der Waals surface area contributed by atoms with Crippen LogP contribution in [0.3, 0.4) is 0 Å². The first-order valence-corrected chi connectivity index (χ1v) is 5.37. The monoisotopic (exact) mass is 245 g/mol. The van der Waals surface area contributed by atoms with E-state index in [2.05, 4.69) is 5.32 Å². The summed E-state index contributed by atoms with van der Waals surface area (Å²) >= 11 is 5.68. The van der Waals surface area contributed by atoms with E-state index in [1.165, 1.54) is 18.2 Å². The number of aliphatic hydroxyl groups is 1. The number of aliphatic hydroxyl groups excluding tert-OH is 1. The minimum atomic E-state index is -0.514. The van der Waals surface area contributed by atoms with Gasteiger partial charge < -0.3 is 10.4 Å². The Morgan fingerprint density at radius 2 is 2.19 bits per heavy atom. The summed E-state index contributed by atoms with van der Waals surface area (Å²) in [5.74, 6) is -0.797. The molecule has 1 aromatic carbocycles. The number of unbranched alkanes of at least 4 members (excludes halogenated alkanes) is 1. The summed E-state index contributed by atoms with van der Waals surface area (Å²) in [5.41, 5.74) is 0.0847. The normalized spacial score (nSPS) is 10.2. The molecule has 0 saturated heterocycles. The Morgan fingerprint density at radius 1 is 1.44 bits per heavy atom. The number of anilines is 1. The van der Waals surface area contributed by atoms with Crippen molar-refractivity contribution in [1.29, 1.82) is 0 Å². The lowest BCUT2D eigenvalue weighted by atomic mass is 10.2. The maximum absolute atomic E-state index is 13.2. The molecule has 88 valence electrons. The zero-order valence-electron chi connectivity index (χ0n) is 8.67. The number of benzene rings is 1. The van der Waals surface area contributed by atoms with Crippen LogP contribution < -0.4 is 5.32 Å². The second-order valence-corrected chi connectivity index (χ2v) is 3.79. The largest absolute Gasteiger partial charge is 0.396 e. The van der Waals surface area contributed by atoms with Gasteiger partial charge in [-0.05, 0) is 31.0 Å². The highest BCUT2D eigenvalue weighted by atomic mass is 35.5. The fourth-order valence-corrected chi connectivity index (χ4v) is 1.38. The standard InChI is InChI=1S/C11H13ClFNO2/c12-8-4-5-9(13)10(7-8)14-11(16)3-1-2-6-15/h4-5,7,15H,1-3,6H2,(H,14,16). The maximum atomic E-state index is 13.2. The smallest absolute Gasteiger partial charge is 0.224 e. The van der Waals surface area contributed by atoms with Crippen molar-refractivity contribution in [3.63, 3.8) is 0 Å². The number of rotatable bonds is 5. The van der Waals surface area contributed by atoms with Crippen LogP contribution in [0, 0.1) is 5.82 Å². The van der Waals surface area contributed by atoms with Crippen molar-refractivity contribution in [2.45, 2.75) is 19.3 Å². The number of carbonyl (C=O) groups is 1. The molecule has 0 heterocycles. The molecule has 16 heavy (non-hydrogen) atoms. The Balaban J connectivity index is 2.52. The molecule has 3 nitrogen and oxygen atoms in total. The van der Waals surface area contributed by atoms with Crippen molar-refractivity contribution in [1.82, 2.24) is 0 Å². The summed E-state index contributed by atoms with van der Waals surface area (Å²) in [6, 6.07) is 3.98. The molecule has 0 saturated carbocycles. The van der Waals surface area contributed by atoms with Gasteiger partial charge >= 0.3 is 0 Å². The van der Waals surface area contributed by atoms with Crippen LogP contribution in [0.25, 0.3) is 0 Å². The van der Waals surface area contributed by atoms with E-state index in [0.717, 1.165) is 0 Å². The highest BCUT2D eigenvalue weighted by Crippen LogP contribution is 2.19. The van der Waals surface area contributed by atoms with Crippen molar-refractivity contribution in [2.24, 2.45) is 0 Å². The predicted octanol–water partition coefficient (Wildman–Crippen LogP) is 2.58. The van der Waals surface area contributed by atoms with E-state index in [9.17, 15) is 9.18 Å². The third-order valence-electron chi connectivity index (χ3n) is 2.01. The van der Waals surface area contributed by atoms with E-state index in [1.807, 2.05) is 0 Å². The molecule has 1 aromatic rings. The fourth-order valence-electron chi connectivity index (χ4n) is 1.20. The van der Waals surface area contributed by atoms with Crippen LogP contribution in [0.4, 0.5) is 10.1 Å². The summed E-state index contributed by atoms with van der Waals surface area (Å²) in [4.78, 5) is 11.3. The highest BCUT2D eigenvalue weighted by molar-refractivity contribution is 6.30. The summed E-state index contributed by atoms with van der Waals surface area (Å²) < 4.78 is 13.2. The lowest BCUT2D eigenvalue weighted by Gasteiger charge is -2.06. The van der Waals surface area contributed by atoms with Gasteiger partial charge in [0.15, 0.2) is 0 Å². The Hall–Kier alpha value is -1.13. The molecular formula is C11H13ClFNO2. The second-order valence-electron chi connectivity index (χ2n) is 3.35. The Morgan fingerprint density at radius 3 is 2.88 bits per heavy atom. The number of hydrogen-bond donors (Lipinski definition) is 2. The summed E-state index contributed by atoms with van der Waals surface area (Å²) in [7, 11) is 0. The third-order valence-corrected chi connectivity index (χ3v) is 2.25. The molecule has 0 atom stereocenters. The van der Waals surface area contributed by atoms with Crippen molar-refractivity contribution >= 4 is 23.2 Å². The first kappa shape index (κ1) is 12.9. The minimum Gasteiger partial charge on any atom is -0.396 e. The highest BCUT2D eigenvalue weighted by Gasteiger charge is 2.07. The zero-order chi connectivity index (χ0) is 12.0. The Bertz CT molecular complexity index is 371. The van der Waals surface area contributed by atoms with Gasteiger partial charge in [0, 0.05) is 18.1 Å². The van der Waals surface area contributed by atoms with Crippen LogP contribution >= 0.6 is 11.6 Å². The Labute approximate surface area is 98.2 Å². The molecule has 0 aromatic heterocycles. The van der Waals surface area contributed by atoms with Gasteiger partial charge in [-0.25, -0.2) is 4.39 Å². The quantitative estimate of drug-likeness (QED) is 0.784. The molecule has 0 fully saturated rings. The van der Waals surface area contributed by atoms with E-state index >= 15 is 0 Å². The first-order chi connectivity index (χ1) is 7.63. The van der Waals surface area contributed by atoms with Crippen molar-refractivity contribution in [3.05, 3.63) is 29.0 Å². The number of halogens is 2. The SMILES string of the molecule is O=C(CCCCO)Nc1cc(Cl)ccc1F. The van der Waals surface area contributed by atoms with E-state index < -0.39 is 5.82 Å². The summed E-state index contributed by atoms with van der Waals surface area (Å²) in [5, 5.41) is 11.3. The van der Waals surface area contributed by atoms with Crippen LogP contribution in [0.2, 0.25) is 5.02 Å². The predicted molar refractivity (Wildman–Crippen MR) is 61.0 cm³/mol.